The molecule has 1 aliphatic rings. The van der Waals surface area contributed by atoms with Gasteiger partial charge in [0.2, 0.25) is 0 Å². The first-order valence-electron chi connectivity index (χ1n) is 6.42. The van der Waals surface area contributed by atoms with Crippen LogP contribution in [0.2, 0.25) is 5.02 Å². The first kappa shape index (κ1) is 15.3. The number of carbonyl (C=O) groups is 1. The normalized spacial score (nSPS) is 19.5. The van der Waals surface area contributed by atoms with Crippen molar-refractivity contribution >= 4 is 49.4 Å². The molecule has 0 spiro atoms. The number of amides is 1. The van der Waals surface area contributed by atoms with E-state index in [9.17, 15) is 4.79 Å². The van der Waals surface area contributed by atoms with Gasteiger partial charge in [0.15, 0.2) is 0 Å². The van der Waals surface area contributed by atoms with E-state index in [2.05, 4.69) is 31.9 Å². The summed E-state index contributed by atoms with van der Waals surface area (Å²) in [4.78, 5) is 14.4. The van der Waals surface area contributed by atoms with Gasteiger partial charge in [-0.25, -0.2) is 0 Å². The first-order chi connectivity index (χ1) is 9.11. The number of nitrogens with zero attached hydrogens (tertiary/aromatic N) is 1. The molecule has 1 unspecified atom stereocenters. The molecule has 2 rings (SSSR count). The predicted octanol–water partition coefficient (Wildman–Crippen LogP) is 4.74. The summed E-state index contributed by atoms with van der Waals surface area (Å²) in [5, 5.41) is 1.51. The maximum Gasteiger partial charge on any atom is 0.255 e. The number of benzene rings is 1. The van der Waals surface area contributed by atoms with Gasteiger partial charge in [-0.3, -0.25) is 4.79 Å². The van der Waals surface area contributed by atoms with E-state index in [1.54, 1.807) is 12.1 Å². The number of rotatable bonds is 3. The molecule has 2 nitrogen and oxygen atoms in total. The Labute approximate surface area is 135 Å². The van der Waals surface area contributed by atoms with Crippen molar-refractivity contribution in [2.75, 3.05) is 18.4 Å². The lowest BCUT2D eigenvalue weighted by molar-refractivity contribution is 0.0672. The monoisotopic (exact) mass is 407 g/mol. The van der Waals surface area contributed by atoms with E-state index < -0.39 is 0 Å². The van der Waals surface area contributed by atoms with Crippen molar-refractivity contribution < 1.29 is 4.79 Å². The molecule has 1 fully saturated rings. The van der Waals surface area contributed by atoms with Crippen LogP contribution in [-0.4, -0.2) is 29.2 Å². The third kappa shape index (κ3) is 3.96. The van der Waals surface area contributed by atoms with Crippen molar-refractivity contribution in [3.8, 4) is 0 Å². The van der Waals surface area contributed by atoms with Crippen LogP contribution < -0.4 is 0 Å². The number of hydrogen-bond donors (Lipinski definition) is 0. The van der Waals surface area contributed by atoms with Gasteiger partial charge in [0.05, 0.1) is 10.6 Å². The van der Waals surface area contributed by atoms with Crippen LogP contribution in [-0.2, 0) is 0 Å². The van der Waals surface area contributed by atoms with Gasteiger partial charge >= 0.3 is 0 Å². The molecular weight excluding hydrogens is 393 g/mol. The summed E-state index contributed by atoms with van der Waals surface area (Å²) < 4.78 is 0.893. The zero-order valence-corrected chi connectivity index (χ0v) is 14.5. The van der Waals surface area contributed by atoms with E-state index >= 15 is 0 Å². The van der Waals surface area contributed by atoms with E-state index in [4.69, 9.17) is 11.6 Å². The van der Waals surface area contributed by atoms with Gasteiger partial charge in [0, 0.05) is 22.9 Å². The van der Waals surface area contributed by atoms with Crippen LogP contribution in [0, 0.1) is 5.92 Å². The van der Waals surface area contributed by atoms with Crippen LogP contribution in [0.15, 0.2) is 22.7 Å². The SMILES string of the molecule is O=C(c1ccc(Br)cc1Cl)N1CCCC(CCBr)C1. The lowest BCUT2D eigenvalue weighted by atomic mass is 9.95. The molecule has 1 amide bonds. The summed E-state index contributed by atoms with van der Waals surface area (Å²) in [5.41, 5.74) is 0.601. The molecule has 0 radical (unpaired) electrons. The largest absolute Gasteiger partial charge is 0.338 e. The zero-order valence-electron chi connectivity index (χ0n) is 10.5. The summed E-state index contributed by atoms with van der Waals surface area (Å²) >= 11 is 13.0. The molecule has 0 aromatic heterocycles. The summed E-state index contributed by atoms with van der Waals surface area (Å²) in [5.74, 6) is 0.656. The van der Waals surface area contributed by atoms with E-state index in [0.29, 0.717) is 16.5 Å². The highest BCUT2D eigenvalue weighted by atomic mass is 79.9. The Balaban J connectivity index is 2.10. The Kier molecular flexibility index (Phi) is 5.72. The van der Waals surface area contributed by atoms with Gasteiger partial charge in [-0.05, 0) is 43.4 Å². The molecule has 0 aliphatic carbocycles. The molecule has 1 atom stereocenters. The molecule has 1 saturated heterocycles. The summed E-state index contributed by atoms with van der Waals surface area (Å²) in [6.07, 6.45) is 3.42. The van der Waals surface area contributed by atoms with Crippen molar-refractivity contribution in [3.05, 3.63) is 33.3 Å². The number of hydrogen-bond acceptors (Lipinski definition) is 1. The fraction of sp³-hybridized carbons (Fsp3) is 0.500. The van der Waals surface area contributed by atoms with Crippen molar-refractivity contribution in [2.45, 2.75) is 19.3 Å². The molecule has 0 bridgehead atoms. The molecule has 1 aromatic rings. The standard InChI is InChI=1S/C14H16Br2ClNO/c15-6-5-10-2-1-7-18(9-10)14(19)12-4-3-11(16)8-13(12)17/h3-4,8,10H,1-2,5-7,9H2. The van der Waals surface area contributed by atoms with Gasteiger partial charge in [-0.2, -0.15) is 0 Å². The van der Waals surface area contributed by atoms with E-state index in [0.717, 1.165) is 35.7 Å². The maximum absolute atomic E-state index is 12.5. The number of halogens is 3. The van der Waals surface area contributed by atoms with Crippen LogP contribution in [0.1, 0.15) is 29.6 Å². The van der Waals surface area contributed by atoms with Gasteiger partial charge in [-0.1, -0.05) is 43.5 Å². The summed E-state index contributed by atoms with van der Waals surface area (Å²) in [6, 6.07) is 5.43. The molecule has 0 saturated carbocycles. The average Bonchev–Trinajstić information content (AvgIpc) is 2.39. The van der Waals surface area contributed by atoms with E-state index in [1.165, 1.54) is 6.42 Å². The summed E-state index contributed by atoms with van der Waals surface area (Å²) in [7, 11) is 0. The fourth-order valence-corrected chi connectivity index (χ4v) is 3.87. The zero-order chi connectivity index (χ0) is 13.8. The molecular formula is C14H16Br2ClNO. The Morgan fingerprint density at radius 2 is 2.26 bits per heavy atom. The second kappa shape index (κ2) is 7.09. The highest BCUT2D eigenvalue weighted by Gasteiger charge is 2.25. The topological polar surface area (TPSA) is 20.3 Å². The van der Waals surface area contributed by atoms with Crippen LogP contribution in [0.25, 0.3) is 0 Å². The van der Waals surface area contributed by atoms with Gasteiger partial charge < -0.3 is 4.90 Å². The molecule has 104 valence electrons. The van der Waals surface area contributed by atoms with Crippen LogP contribution >= 0.6 is 43.5 Å². The fourth-order valence-electron chi connectivity index (χ4n) is 2.47. The average molecular weight is 410 g/mol. The van der Waals surface area contributed by atoms with E-state index in [1.807, 2.05) is 11.0 Å². The van der Waals surface area contributed by atoms with Crippen molar-refractivity contribution in [1.29, 1.82) is 0 Å². The number of piperidine rings is 1. The molecule has 5 heteroatoms. The van der Waals surface area contributed by atoms with Crippen LogP contribution in [0.4, 0.5) is 0 Å². The Bertz CT molecular complexity index is 465. The Morgan fingerprint density at radius 3 is 2.95 bits per heavy atom. The summed E-state index contributed by atoms with van der Waals surface area (Å²) in [6.45, 7) is 1.68. The minimum Gasteiger partial charge on any atom is -0.338 e. The Morgan fingerprint density at radius 1 is 1.47 bits per heavy atom. The Hall–Kier alpha value is -0.0600. The third-order valence-corrected chi connectivity index (χ3v) is 4.75. The molecule has 1 heterocycles. The van der Waals surface area contributed by atoms with E-state index in [-0.39, 0.29) is 5.91 Å². The quantitative estimate of drug-likeness (QED) is 0.661. The first-order valence-corrected chi connectivity index (χ1v) is 8.71. The molecule has 1 aromatic carbocycles. The maximum atomic E-state index is 12.5. The van der Waals surface area contributed by atoms with Crippen molar-refractivity contribution in [2.24, 2.45) is 5.92 Å². The highest BCUT2D eigenvalue weighted by molar-refractivity contribution is 9.10. The van der Waals surface area contributed by atoms with Crippen LogP contribution in [0.3, 0.4) is 0 Å². The number of likely N-dealkylation sites (tertiary alicyclic amines) is 1. The van der Waals surface area contributed by atoms with Gasteiger partial charge in [-0.15, -0.1) is 0 Å². The second-order valence-corrected chi connectivity index (χ2v) is 6.98. The minimum atomic E-state index is 0.0526. The highest BCUT2D eigenvalue weighted by Crippen LogP contribution is 2.26. The lowest BCUT2D eigenvalue weighted by Crippen LogP contribution is -2.40. The van der Waals surface area contributed by atoms with Crippen molar-refractivity contribution in [1.82, 2.24) is 4.90 Å². The smallest absolute Gasteiger partial charge is 0.255 e. The van der Waals surface area contributed by atoms with Gasteiger partial charge in [0.25, 0.3) is 5.91 Å². The minimum absolute atomic E-state index is 0.0526. The van der Waals surface area contributed by atoms with Gasteiger partial charge in [0.1, 0.15) is 0 Å². The third-order valence-electron chi connectivity index (χ3n) is 3.49. The second-order valence-electron chi connectivity index (χ2n) is 4.86. The molecule has 1 aliphatic heterocycles. The van der Waals surface area contributed by atoms with Crippen LogP contribution in [0.5, 0.6) is 0 Å². The molecule has 0 N–H and O–H groups in total. The van der Waals surface area contributed by atoms with Crippen molar-refractivity contribution in [3.63, 3.8) is 0 Å². The number of carbonyl (C=O) groups excluding carboxylic acids is 1. The predicted molar refractivity (Wildman–Crippen MR) is 86.2 cm³/mol. The lowest BCUT2D eigenvalue weighted by Gasteiger charge is -2.32. The molecule has 19 heavy (non-hydrogen) atoms. The number of alkyl halides is 1.